The van der Waals surface area contributed by atoms with Crippen LogP contribution in [0.1, 0.15) is 87.4 Å². The molecule has 0 bridgehead atoms. The van der Waals surface area contributed by atoms with Crippen LogP contribution in [-0.4, -0.2) is 39.2 Å². The molecule has 0 N–H and O–H groups in total. The number of nitrogens with zero attached hydrogens (tertiary/aromatic N) is 8. The predicted molar refractivity (Wildman–Crippen MR) is 180 cm³/mol. The summed E-state index contributed by atoms with van der Waals surface area (Å²) in [4.78, 5) is 16.6. The zero-order valence-electron chi connectivity index (χ0n) is 29.7. The van der Waals surface area contributed by atoms with Gasteiger partial charge in [0.25, 0.3) is 11.6 Å². The lowest BCUT2D eigenvalue weighted by atomic mass is 9.84. The van der Waals surface area contributed by atoms with E-state index in [4.69, 9.17) is 9.47 Å². The molecule has 0 spiro atoms. The molecule has 16 heteroatoms. The Labute approximate surface area is 295 Å². The van der Waals surface area contributed by atoms with Crippen molar-refractivity contribution in [3.63, 3.8) is 0 Å². The normalized spacial score (nSPS) is 13.8. The van der Waals surface area contributed by atoms with Crippen LogP contribution in [0.4, 0.5) is 26.3 Å². The van der Waals surface area contributed by atoms with Crippen molar-refractivity contribution in [1.82, 2.24) is 39.2 Å². The Morgan fingerprint density at radius 1 is 0.538 bits per heavy atom. The number of hydrogen-bond donors (Lipinski definition) is 0. The van der Waals surface area contributed by atoms with Gasteiger partial charge in [-0.1, -0.05) is 65.8 Å². The molecule has 0 unspecified atom stereocenters. The Hall–Kier alpha value is -5.28. The van der Waals surface area contributed by atoms with Crippen molar-refractivity contribution < 1.29 is 35.8 Å². The second-order valence-corrected chi connectivity index (χ2v) is 14.4. The molecule has 6 aromatic rings. The smallest absolute Gasteiger partial charge is 0.416 e. The average molecular weight is 729 g/mol. The first-order valence-electron chi connectivity index (χ1n) is 16.1. The van der Waals surface area contributed by atoms with Crippen LogP contribution in [0.5, 0.6) is 11.8 Å². The van der Waals surface area contributed by atoms with E-state index < -0.39 is 35.7 Å². The van der Waals surface area contributed by atoms with Crippen molar-refractivity contribution in [2.75, 3.05) is 0 Å². The number of ether oxygens (including phenoxy) is 2. The van der Waals surface area contributed by atoms with Crippen LogP contribution in [0.3, 0.4) is 0 Å². The lowest BCUT2D eigenvalue weighted by molar-refractivity contribution is -0.138. The molecule has 2 atom stereocenters. The summed E-state index contributed by atoms with van der Waals surface area (Å²) in [6.45, 7) is 15.4. The molecule has 0 saturated heterocycles. The van der Waals surface area contributed by atoms with Crippen LogP contribution in [0.25, 0.3) is 11.6 Å². The van der Waals surface area contributed by atoms with E-state index in [0.29, 0.717) is 45.8 Å². The van der Waals surface area contributed by atoms with E-state index in [9.17, 15) is 26.3 Å². The number of fused-ring (bicyclic) bond motifs is 2. The van der Waals surface area contributed by atoms with Crippen molar-refractivity contribution in [3.8, 4) is 11.8 Å². The maximum atomic E-state index is 12.8. The maximum Gasteiger partial charge on any atom is 0.416 e. The molecule has 6 rings (SSSR count). The Bertz CT molecular complexity index is 1980. The Morgan fingerprint density at radius 3 is 1.15 bits per heavy atom. The molecule has 0 saturated carbocycles. The second kappa shape index (κ2) is 14.0. The van der Waals surface area contributed by atoms with E-state index in [1.165, 1.54) is 46.0 Å². The second-order valence-electron chi connectivity index (χ2n) is 14.4. The number of alkyl halides is 6. The lowest BCUT2D eigenvalue weighted by Gasteiger charge is -2.31. The third-order valence-corrected chi connectivity index (χ3v) is 7.83. The predicted octanol–water partition coefficient (Wildman–Crippen LogP) is 9.24. The maximum absolute atomic E-state index is 12.8. The van der Waals surface area contributed by atoms with Gasteiger partial charge in [-0.2, -0.15) is 55.5 Å². The highest BCUT2D eigenvalue weighted by atomic mass is 19.4. The van der Waals surface area contributed by atoms with Gasteiger partial charge in [-0.05, 0) is 49.2 Å². The molecule has 0 aliphatic carbocycles. The summed E-state index contributed by atoms with van der Waals surface area (Å²) in [5, 5.41) is 8.21. The SMILES string of the molecule is Cc1cc(O[C@@H](c2ccc(C(F)(F)F)cc2)C(C)(C)C)n2ncnc2n1.Cc1cc(O[C@H](c2ccc(C(F)(F)F)cc2)C(C)(C)C)n2ncnc2n1. The largest absolute Gasteiger partial charge is 0.469 e. The van der Waals surface area contributed by atoms with Gasteiger partial charge in [0.05, 0.1) is 11.1 Å². The van der Waals surface area contributed by atoms with Gasteiger partial charge in [0.1, 0.15) is 24.9 Å². The van der Waals surface area contributed by atoms with Gasteiger partial charge >= 0.3 is 12.4 Å². The third-order valence-electron chi connectivity index (χ3n) is 7.83. The van der Waals surface area contributed by atoms with Crippen molar-refractivity contribution in [2.45, 2.75) is 80.0 Å². The van der Waals surface area contributed by atoms with E-state index >= 15 is 0 Å². The first-order chi connectivity index (χ1) is 24.1. The highest BCUT2D eigenvalue weighted by Gasteiger charge is 2.34. The highest BCUT2D eigenvalue weighted by Crippen LogP contribution is 2.40. The van der Waals surface area contributed by atoms with Gasteiger partial charge in [0.15, 0.2) is 0 Å². The molecule has 10 nitrogen and oxygen atoms in total. The topological polar surface area (TPSA) is 105 Å². The number of rotatable bonds is 6. The fourth-order valence-electron chi connectivity index (χ4n) is 5.39. The Morgan fingerprint density at radius 2 is 0.865 bits per heavy atom. The van der Waals surface area contributed by atoms with E-state index in [-0.39, 0.29) is 10.8 Å². The van der Waals surface area contributed by atoms with Crippen molar-refractivity contribution in [1.29, 1.82) is 0 Å². The monoisotopic (exact) mass is 728 g/mol. The molecule has 4 aromatic heterocycles. The number of hydrogen-bond acceptors (Lipinski definition) is 8. The van der Waals surface area contributed by atoms with Gasteiger partial charge < -0.3 is 9.47 Å². The molecule has 2 aromatic carbocycles. The molecular weight excluding hydrogens is 690 g/mol. The number of benzene rings is 2. The van der Waals surface area contributed by atoms with Crippen LogP contribution in [-0.2, 0) is 12.4 Å². The van der Waals surface area contributed by atoms with Crippen molar-refractivity contribution >= 4 is 11.6 Å². The molecule has 0 amide bonds. The van der Waals surface area contributed by atoms with E-state index in [0.717, 1.165) is 24.3 Å². The van der Waals surface area contributed by atoms with Gasteiger partial charge in [0.2, 0.25) is 11.8 Å². The fourth-order valence-corrected chi connectivity index (χ4v) is 5.39. The number of halogens is 6. The zero-order chi connectivity index (χ0) is 38.2. The zero-order valence-corrected chi connectivity index (χ0v) is 29.7. The molecule has 0 radical (unpaired) electrons. The average Bonchev–Trinajstić information content (AvgIpc) is 3.71. The molecule has 0 aliphatic heterocycles. The van der Waals surface area contributed by atoms with E-state index in [1.807, 2.05) is 55.4 Å². The Kier molecular flexibility index (Phi) is 10.2. The quantitative estimate of drug-likeness (QED) is 0.156. The number of aromatic nitrogens is 8. The molecule has 276 valence electrons. The molecule has 4 heterocycles. The number of aryl methyl sites for hydroxylation is 2. The standard InChI is InChI=1S/2C18H19F3N4O/c2*1-11-9-14(25-16(24-11)22-10-23-25)26-15(17(2,3)4)12-5-7-13(8-6-12)18(19,20)21/h2*5-10,15H,1-4H3/t2*15-/m10/s1. The Balaban J connectivity index is 0.000000201. The minimum Gasteiger partial charge on any atom is -0.469 e. The van der Waals surface area contributed by atoms with Gasteiger partial charge in [-0.25, -0.2) is 9.97 Å². The van der Waals surface area contributed by atoms with Gasteiger partial charge in [-0.15, -0.1) is 0 Å². The lowest BCUT2D eigenvalue weighted by Crippen LogP contribution is -2.25. The summed E-state index contributed by atoms with van der Waals surface area (Å²) < 4.78 is 92.3. The highest BCUT2D eigenvalue weighted by molar-refractivity contribution is 5.35. The third kappa shape index (κ3) is 8.77. The van der Waals surface area contributed by atoms with E-state index in [1.54, 1.807) is 12.1 Å². The van der Waals surface area contributed by atoms with E-state index in [2.05, 4.69) is 30.1 Å². The molecule has 52 heavy (non-hydrogen) atoms. The van der Waals surface area contributed by atoms with Crippen LogP contribution < -0.4 is 9.47 Å². The summed E-state index contributed by atoms with van der Waals surface area (Å²) in [5.41, 5.74) is 0.593. The summed E-state index contributed by atoms with van der Waals surface area (Å²) in [7, 11) is 0. The summed E-state index contributed by atoms with van der Waals surface area (Å²) >= 11 is 0. The minimum atomic E-state index is -4.37. The van der Waals surface area contributed by atoms with Crippen LogP contribution >= 0.6 is 0 Å². The first kappa shape index (κ1) is 38.0. The van der Waals surface area contributed by atoms with Crippen LogP contribution in [0.2, 0.25) is 0 Å². The first-order valence-corrected chi connectivity index (χ1v) is 16.1. The fraction of sp³-hybridized carbons (Fsp3) is 0.389. The minimum absolute atomic E-state index is 0.371. The van der Waals surface area contributed by atoms with Crippen molar-refractivity contribution in [2.24, 2.45) is 10.8 Å². The van der Waals surface area contributed by atoms with Crippen LogP contribution in [0, 0.1) is 24.7 Å². The van der Waals surface area contributed by atoms with Gasteiger partial charge in [0, 0.05) is 34.4 Å². The van der Waals surface area contributed by atoms with Gasteiger partial charge in [-0.3, -0.25) is 0 Å². The molecule has 0 fully saturated rings. The molecular formula is C36H38F6N8O2. The van der Waals surface area contributed by atoms with Crippen molar-refractivity contribution in [3.05, 3.63) is 107 Å². The summed E-state index contributed by atoms with van der Waals surface area (Å²) in [6, 6.07) is 13.5. The van der Waals surface area contributed by atoms with Crippen LogP contribution in [0.15, 0.2) is 73.3 Å². The summed E-state index contributed by atoms with van der Waals surface area (Å²) in [6.07, 6.45) is -6.97. The summed E-state index contributed by atoms with van der Waals surface area (Å²) in [5.74, 6) is 1.68. The molecule has 0 aliphatic rings.